The summed E-state index contributed by atoms with van der Waals surface area (Å²) in [6.45, 7) is 6.53. The smallest absolute Gasteiger partial charge is 0.308 e. The Hall–Kier alpha value is -4.24. The number of esters is 1. The third kappa shape index (κ3) is 4.29. The predicted octanol–water partition coefficient (Wildman–Crippen LogP) is 5.34. The van der Waals surface area contributed by atoms with Gasteiger partial charge in [-0.05, 0) is 22.9 Å². The van der Waals surface area contributed by atoms with E-state index in [0.717, 1.165) is 10.8 Å². The van der Waals surface area contributed by atoms with Crippen molar-refractivity contribution in [1.82, 2.24) is 15.2 Å². The maximum atomic E-state index is 13.2. The number of hydrogen-bond acceptors (Lipinski definition) is 8. The topological polar surface area (TPSA) is 94.5 Å². The number of benzene rings is 3. The van der Waals surface area contributed by atoms with Crippen molar-refractivity contribution in [3.05, 3.63) is 78.9 Å². The van der Waals surface area contributed by atoms with Crippen molar-refractivity contribution in [3.8, 4) is 22.9 Å². The SMILES string of the molecule is C=CCSc1nnc2c(n1)OC(c1c(OC(C)=O)ccc3ccccc13)N(C(C)=O)c1ccccc1-2. The van der Waals surface area contributed by atoms with E-state index in [2.05, 4.69) is 21.8 Å². The first-order valence-electron chi connectivity index (χ1n) is 11.2. The van der Waals surface area contributed by atoms with Crippen LogP contribution in [0.5, 0.6) is 11.6 Å². The molecule has 1 amide bonds. The van der Waals surface area contributed by atoms with Crippen LogP contribution in [0.1, 0.15) is 25.6 Å². The number of aromatic nitrogens is 3. The second-order valence-electron chi connectivity index (χ2n) is 8.02. The molecule has 5 rings (SSSR count). The third-order valence-corrected chi connectivity index (χ3v) is 6.45. The Bertz CT molecular complexity index is 1510. The molecule has 0 saturated heterocycles. The van der Waals surface area contributed by atoms with Gasteiger partial charge in [-0.1, -0.05) is 66.4 Å². The molecule has 0 spiro atoms. The van der Waals surface area contributed by atoms with Crippen molar-refractivity contribution in [2.45, 2.75) is 25.2 Å². The van der Waals surface area contributed by atoms with Gasteiger partial charge in [0.15, 0.2) is 5.69 Å². The number of ether oxygens (including phenoxy) is 2. The number of amides is 1. The molecule has 0 fully saturated rings. The summed E-state index contributed by atoms with van der Waals surface area (Å²) in [7, 11) is 0. The molecule has 180 valence electrons. The fourth-order valence-corrected chi connectivity index (χ4v) is 4.72. The molecule has 1 aliphatic heterocycles. The minimum absolute atomic E-state index is 0.222. The van der Waals surface area contributed by atoms with Gasteiger partial charge in [0.1, 0.15) is 5.75 Å². The summed E-state index contributed by atoms with van der Waals surface area (Å²) >= 11 is 1.37. The first-order chi connectivity index (χ1) is 17.5. The average Bonchev–Trinajstić information content (AvgIpc) is 3.01. The van der Waals surface area contributed by atoms with E-state index in [-0.39, 0.29) is 11.8 Å². The quantitative estimate of drug-likeness (QED) is 0.158. The van der Waals surface area contributed by atoms with E-state index in [9.17, 15) is 9.59 Å². The number of rotatable bonds is 5. The fraction of sp³-hybridized carbons (Fsp3) is 0.148. The molecule has 3 aromatic carbocycles. The van der Waals surface area contributed by atoms with Crippen LogP contribution in [-0.2, 0) is 9.59 Å². The van der Waals surface area contributed by atoms with Gasteiger partial charge in [-0.2, -0.15) is 4.98 Å². The van der Waals surface area contributed by atoms with Crippen molar-refractivity contribution in [2.24, 2.45) is 0 Å². The largest absolute Gasteiger partial charge is 0.447 e. The lowest BCUT2D eigenvalue weighted by Gasteiger charge is -2.31. The molecule has 4 aromatic rings. The maximum absolute atomic E-state index is 13.2. The Kier molecular flexibility index (Phi) is 6.39. The minimum Gasteiger partial charge on any atom is -0.447 e. The molecular formula is C27H22N4O4S. The Morgan fingerprint density at radius 3 is 2.64 bits per heavy atom. The lowest BCUT2D eigenvalue weighted by atomic mass is 10.0. The molecule has 0 bridgehead atoms. The summed E-state index contributed by atoms with van der Waals surface area (Å²) in [6, 6.07) is 18.6. The molecule has 8 nitrogen and oxygen atoms in total. The van der Waals surface area contributed by atoms with Crippen molar-refractivity contribution >= 4 is 40.1 Å². The Morgan fingerprint density at radius 1 is 1.08 bits per heavy atom. The molecule has 36 heavy (non-hydrogen) atoms. The van der Waals surface area contributed by atoms with Crippen LogP contribution >= 0.6 is 11.8 Å². The number of thioether (sulfide) groups is 1. The molecule has 1 aliphatic rings. The van der Waals surface area contributed by atoms with Gasteiger partial charge in [0, 0.05) is 25.2 Å². The molecule has 0 radical (unpaired) electrons. The minimum atomic E-state index is -1.00. The molecule has 2 heterocycles. The summed E-state index contributed by atoms with van der Waals surface area (Å²) < 4.78 is 12.1. The lowest BCUT2D eigenvalue weighted by molar-refractivity contribution is -0.131. The zero-order valence-electron chi connectivity index (χ0n) is 19.7. The molecular weight excluding hydrogens is 476 g/mol. The number of carbonyl (C=O) groups is 2. The van der Waals surface area contributed by atoms with Crippen LogP contribution in [0.15, 0.2) is 78.5 Å². The van der Waals surface area contributed by atoms with Gasteiger partial charge in [0.25, 0.3) is 0 Å². The number of nitrogens with zero attached hydrogens (tertiary/aromatic N) is 4. The van der Waals surface area contributed by atoms with Gasteiger partial charge in [-0.25, -0.2) is 0 Å². The summed E-state index contributed by atoms with van der Waals surface area (Å²) in [5.74, 6) is 0.361. The zero-order chi connectivity index (χ0) is 25.2. The fourth-order valence-electron chi connectivity index (χ4n) is 4.21. The van der Waals surface area contributed by atoms with Crippen LogP contribution in [0.25, 0.3) is 22.0 Å². The monoisotopic (exact) mass is 498 g/mol. The van der Waals surface area contributed by atoms with E-state index in [0.29, 0.717) is 39.2 Å². The molecule has 9 heteroatoms. The van der Waals surface area contributed by atoms with E-state index in [1.165, 1.54) is 30.5 Å². The Labute approximate surface area is 212 Å². The summed E-state index contributed by atoms with van der Waals surface area (Å²) in [6.07, 6.45) is 0.747. The van der Waals surface area contributed by atoms with Crippen molar-refractivity contribution in [1.29, 1.82) is 0 Å². The summed E-state index contributed by atoms with van der Waals surface area (Å²) in [4.78, 5) is 31.4. The molecule has 0 saturated carbocycles. The molecule has 1 atom stereocenters. The van der Waals surface area contributed by atoms with Crippen molar-refractivity contribution in [3.63, 3.8) is 0 Å². The Balaban J connectivity index is 1.80. The number of carbonyl (C=O) groups excluding carboxylic acids is 2. The van der Waals surface area contributed by atoms with Gasteiger partial charge in [-0.15, -0.1) is 16.8 Å². The standard InChI is InChI=1S/C27H22N4O4S/c1-4-15-36-27-28-25-24(29-30-27)20-11-7-8-12-21(20)31(16(2)32)26(35-25)23-19-10-6-5-9-18(19)13-14-22(23)34-17(3)33/h4-14,26H,1,15H2,2-3H3. The van der Waals surface area contributed by atoms with E-state index >= 15 is 0 Å². The van der Waals surface area contributed by atoms with Crippen molar-refractivity contribution < 1.29 is 19.1 Å². The second-order valence-corrected chi connectivity index (χ2v) is 9.00. The molecule has 0 aliphatic carbocycles. The predicted molar refractivity (Wildman–Crippen MR) is 138 cm³/mol. The van der Waals surface area contributed by atoms with Crippen LogP contribution in [0, 0.1) is 0 Å². The van der Waals surface area contributed by atoms with Crippen LogP contribution in [-0.4, -0.2) is 32.8 Å². The lowest BCUT2D eigenvalue weighted by Crippen LogP contribution is -2.36. The Morgan fingerprint density at radius 2 is 1.86 bits per heavy atom. The first kappa shape index (κ1) is 23.5. The number of para-hydroxylation sites is 1. The van der Waals surface area contributed by atoms with Gasteiger partial charge in [0.2, 0.25) is 23.2 Å². The molecule has 1 aromatic heterocycles. The van der Waals surface area contributed by atoms with Gasteiger partial charge in [-0.3, -0.25) is 14.5 Å². The van der Waals surface area contributed by atoms with Crippen molar-refractivity contribution in [2.75, 3.05) is 10.7 Å². The summed E-state index contributed by atoms with van der Waals surface area (Å²) in [5.41, 5.74) is 2.18. The highest BCUT2D eigenvalue weighted by atomic mass is 32.2. The first-order valence-corrected chi connectivity index (χ1v) is 12.2. The number of hydrogen-bond donors (Lipinski definition) is 0. The molecule has 1 unspecified atom stereocenters. The average molecular weight is 499 g/mol. The van der Waals surface area contributed by atoms with E-state index in [4.69, 9.17) is 9.47 Å². The van der Waals surface area contributed by atoms with Gasteiger partial charge < -0.3 is 9.47 Å². The van der Waals surface area contributed by atoms with Crippen LogP contribution in [0.4, 0.5) is 5.69 Å². The van der Waals surface area contributed by atoms with Crippen LogP contribution in [0.3, 0.4) is 0 Å². The maximum Gasteiger partial charge on any atom is 0.308 e. The normalized spacial score (nSPS) is 14.3. The number of anilines is 1. The van der Waals surface area contributed by atoms with Crippen LogP contribution in [0.2, 0.25) is 0 Å². The molecule has 0 N–H and O–H groups in total. The highest BCUT2D eigenvalue weighted by Gasteiger charge is 2.37. The highest BCUT2D eigenvalue weighted by Crippen LogP contribution is 2.46. The van der Waals surface area contributed by atoms with Crippen LogP contribution < -0.4 is 14.4 Å². The second kappa shape index (κ2) is 9.79. The highest BCUT2D eigenvalue weighted by molar-refractivity contribution is 7.99. The third-order valence-electron chi connectivity index (χ3n) is 5.61. The van der Waals surface area contributed by atoms with Gasteiger partial charge in [0.05, 0.1) is 11.3 Å². The zero-order valence-corrected chi connectivity index (χ0v) is 20.5. The number of fused-ring (bicyclic) bond motifs is 4. The van der Waals surface area contributed by atoms with Gasteiger partial charge >= 0.3 is 5.97 Å². The summed E-state index contributed by atoms with van der Waals surface area (Å²) in [5, 5.41) is 10.7. The van der Waals surface area contributed by atoms with E-state index in [1.54, 1.807) is 12.1 Å². The van der Waals surface area contributed by atoms with E-state index < -0.39 is 12.2 Å². The van der Waals surface area contributed by atoms with E-state index in [1.807, 2.05) is 54.6 Å².